The number of halogens is 1. The Kier molecular flexibility index (Phi) is 5.32. The van der Waals surface area contributed by atoms with Gasteiger partial charge in [0.05, 0.1) is 16.8 Å². The smallest absolute Gasteiger partial charge is 0.339 e. The van der Waals surface area contributed by atoms with Crippen LogP contribution in [0.4, 0.5) is 0 Å². The van der Waals surface area contributed by atoms with Crippen LogP contribution in [-0.4, -0.2) is 30.5 Å². The first kappa shape index (κ1) is 19.2. The Balaban J connectivity index is 1.80. The standard InChI is InChI=1S/C23H19ClN2O3/c1-25-20(27)13-29-23(28)21-17-4-2-3-5-19(17)26-22-15(8-11-18(21)22)12-14-6-9-16(24)10-7-14/h2-7,9-10,12H,8,11,13H2,1H3,(H,25,27). The van der Waals surface area contributed by atoms with Crippen LogP contribution in [0.3, 0.4) is 0 Å². The second kappa shape index (κ2) is 8.05. The number of benzene rings is 2. The zero-order valence-electron chi connectivity index (χ0n) is 15.9. The van der Waals surface area contributed by atoms with E-state index in [1.54, 1.807) is 0 Å². The van der Waals surface area contributed by atoms with Gasteiger partial charge in [0.2, 0.25) is 0 Å². The van der Waals surface area contributed by atoms with E-state index in [1.807, 2.05) is 48.5 Å². The van der Waals surface area contributed by atoms with Gasteiger partial charge >= 0.3 is 5.97 Å². The first-order chi connectivity index (χ1) is 14.1. The fourth-order valence-corrected chi connectivity index (χ4v) is 3.67. The minimum absolute atomic E-state index is 0.311. The quantitative estimate of drug-likeness (QED) is 0.657. The number of carbonyl (C=O) groups excluding carboxylic acids is 2. The summed E-state index contributed by atoms with van der Waals surface area (Å²) in [7, 11) is 1.50. The molecule has 0 aliphatic heterocycles. The third-order valence-electron chi connectivity index (χ3n) is 4.97. The Bertz CT molecular complexity index is 1140. The predicted molar refractivity (Wildman–Crippen MR) is 114 cm³/mol. The van der Waals surface area contributed by atoms with Crippen LogP contribution < -0.4 is 5.32 Å². The number of fused-ring (bicyclic) bond motifs is 2. The SMILES string of the molecule is CNC(=O)COC(=O)c1c2c(nc3ccccc13)C(=Cc1ccc(Cl)cc1)CC2. The average molecular weight is 407 g/mol. The van der Waals surface area contributed by atoms with Crippen LogP contribution in [0.1, 0.15) is 33.6 Å². The number of nitrogens with zero attached hydrogens (tertiary/aromatic N) is 1. The van der Waals surface area contributed by atoms with Crippen molar-refractivity contribution in [2.75, 3.05) is 13.7 Å². The first-order valence-electron chi connectivity index (χ1n) is 9.32. The number of nitrogens with one attached hydrogen (secondary N) is 1. The molecule has 4 rings (SSSR count). The molecule has 1 amide bonds. The predicted octanol–water partition coefficient (Wildman–Crippen LogP) is 4.28. The minimum atomic E-state index is -0.504. The minimum Gasteiger partial charge on any atom is -0.452 e. The fourth-order valence-electron chi connectivity index (χ4n) is 3.55. The summed E-state index contributed by atoms with van der Waals surface area (Å²) in [5.41, 5.74) is 4.98. The van der Waals surface area contributed by atoms with Crippen LogP contribution in [0, 0.1) is 0 Å². The summed E-state index contributed by atoms with van der Waals surface area (Å²) in [5, 5.41) is 3.87. The van der Waals surface area contributed by atoms with E-state index in [0.29, 0.717) is 17.0 Å². The molecule has 2 aromatic carbocycles. The molecule has 0 fully saturated rings. The second-order valence-corrected chi connectivity index (χ2v) is 7.24. The van der Waals surface area contributed by atoms with Crippen LogP contribution in [0.5, 0.6) is 0 Å². The van der Waals surface area contributed by atoms with Crippen molar-refractivity contribution >= 4 is 46.0 Å². The second-order valence-electron chi connectivity index (χ2n) is 6.80. The summed E-state index contributed by atoms with van der Waals surface area (Å²) in [4.78, 5) is 29.2. The molecule has 0 bridgehead atoms. The van der Waals surface area contributed by atoms with Gasteiger partial charge in [-0.1, -0.05) is 41.9 Å². The molecule has 1 heterocycles. The van der Waals surface area contributed by atoms with Crippen molar-refractivity contribution in [3.8, 4) is 0 Å². The van der Waals surface area contributed by atoms with Crippen LogP contribution in [0.15, 0.2) is 48.5 Å². The lowest BCUT2D eigenvalue weighted by molar-refractivity contribution is -0.123. The summed E-state index contributed by atoms with van der Waals surface area (Å²) in [6.45, 7) is -0.311. The lowest BCUT2D eigenvalue weighted by Crippen LogP contribution is -2.25. The monoisotopic (exact) mass is 406 g/mol. The third kappa shape index (κ3) is 3.87. The molecule has 0 atom stereocenters. The number of hydrogen-bond donors (Lipinski definition) is 1. The summed E-state index contributed by atoms with van der Waals surface area (Å²) in [5.74, 6) is -0.854. The summed E-state index contributed by atoms with van der Waals surface area (Å²) in [6.07, 6.45) is 3.54. The lowest BCUT2D eigenvalue weighted by Gasteiger charge is -2.12. The topological polar surface area (TPSA) is 68.3 Å². The molecule has 29 heavy (non-hydrogen) atoms. The van der Waals surface area contributed by atoms with E-state index in [4.69, 9.17) is 21.3 Å². The average Bonchev–Trinajstić information content (AvgIpc) is 3.13. The molecule has 0 unspecified atom stereocenters. The Labute approximate surface area is 173 Å². The van der Waals surface area contributed by atoms with E-state index in [2.05, 4.69) is 11.4 Å². The van der Waals surface area contributed by atoms with Crippen LogP contribution >= 0.6 is 11.6 Å². The van der Waals surface area contributed by atoms with Crippen molar-refractivity contribution in [2.45, 2.75) is 12.8 Å². The molecule has 1 aliphatic rings. The van der Waals surface area contributed by atoms with Gasteiger partial charge in [-0.05, 0) is 53.8 Å². The maximum absolute atomic E-state index is 12.9. The number of aromatic nitrogens is 1. The van der Waals surface area contributed by atoms with Crippen LogP contribution in [0.2, 0.25) is 5.02 Å². The number of esters is 1. The highest BCUT2D eigenvalue weighted by molar-refractivity contribution is 6.30. The lowest BCUT2D eigenvalue weighted by atomic mass is 10.0. The maximum Gasteiger partial charge on any atom is 0.339 e. The van der Waals surface area contributed by atoms with Crippen molar-refractivity contribution in [2.24, 2.45) is 0 Å². The summed E-state index contributed by atoms with van der Waals surface area (Å²) < 4.78 is 5.27. The number of pyridine rings is 1. The Morgan fingerprint density at radius 1 is 1.14 bits per heavy atom. The van der Waals surface area contributed by atoms with Crippen LogP contribution in [-0.2, 0) is 16.0 Å². The Morgan fingerprint density at radius 2 is 1.90 bits per heavy atom. The third-order valence-corrected chi connectivity index (χ3v) is 5.22. The van der Waals surface area contributed by atoms with E-state index < -0.39 is 5.97 Å². The van der Waals surface area contributed by atoms with E-state index in [-0.39, 0.29) is 12.5 Å². The highest BCUT2D eigenvalue weighted by Gasteiger charge is 2.27. The molecule has 6 heteroatoms. The van der Waals surface area contributed by atoms with Gasteiger partial charge in [0.15, 0.2) is 6.61 Å². The molecule has 3 aromatic rings. The molecule has 1 aromatic heterocycles. The van der Waals surface area contributed by atoms with Gasteiger partial charge in [-0.3, -0.25) is 4.79 Å². The largest absolute Gasteiger partial charge is 0.452 e. The molecule has 0 saturated heterocycles. The van der Waals surface area contributed by atoms with Crippen molar-refractivity contribution in [1.82, 2.24) is 10.3 Å². The summed E-state index contributed by atoms with van der Waals surface area (Å²) >= 11 is 5.98. The van der Waals surface area contributed by atoms with E-state index >= 15 is 0 Å². The molecule has 0 spiro atoms. The highest BCUT2D eigenvalue weighted by atomic mass is 35.5. The zero-order chi connectivity index (χ0) is 20.4. The molecule has 0 radical (unpaired) electrons. The van der Waals surface area contributed by atoms with Crippen molar-refractivity contribution in [3.05, 3.63) is 75.9 Å². The number of rotatable bonds is 4. The Hall–Kier alpha value is -3.18. The van der Waals surface area contributed by atoms with Crippen molar-refractivity contribution in [1.29, 1.82) is 0 Å². The van der Waals surface area contributed by atoms with E-state index in [0.717, 1.165) is 39.7 Å². The van der Waals surface area contributed by atoms with Gasteiger partial charge in [0.25, 0.3) is 5.91 Å². The fraction of sp³-hybridized carbons (Fsp3) is 0.174. The molecule has 1 N–H and O–H groups in total. The molecule has 146 valence electrons. The molecular formula is C23H19ClN2O3. The molecule has 1 aliphatic carbocycles. The van der Waals surface area contributed by atoms with Gasteiger partial charge in [-0.2, -0.15) is 0 Å². The highest BCUT2D eigenvalue weighted by Crippen LogP contribution is 2.37. The Morgan fingerprint density at radius 3 is 2.66 bits per heavy atom. The van der Waals surface area contributed by atoms with Gasteiger partial charge in [0.1, 0.15) is 0 Å². The van der Waals surface area contributed by atoms with Gasteiger partial charge in [-0.25, -0.2) is 9.78 Å². The van der Waals surface area contributed by atoms with Gasteiger partial charge in [0, 0.05) is 17.5 Å². The van der Waals surface area contributed by atoms with Crippen molar-refractivity contribution < 1.29 is 14.3 Å². The number of ether oxygens (including phenoxy) is 1. The van der Waals surface area contributed by atoms with Crippen LogP contribution in [0.25, 0.3) is 22.6 Å². The summed E-state index contributed by atoms with van der Waals surface area (Å²) in [6, 6.07) is 15.1. The van der Waals surface area contributed by atoms with Gasteiger partial charge < -0.3 is 10.1 Å². The number of carbonyl (C=O) groups is 2. The van der Waals surface area contributed by atoms with E-state index in [1.165, 1.54) is 7.05 Å². The normalized spacial score (nSPS) is 14.1. The number of amides is 1. The number of para-hydroxylation sites is 1. The molecule has 5 nitrogen and oxygen atoms in total. The molecule has 0 saturated carbocycles. The zero-order valence-corrected chi connectivity index (χ0v) is 16.6. The number of likely N-dealkylation sites (N-methyl/N-ethyl adjacent to an activating group) is 1. The maximum atomic E-state index is 12.9. The molecular weight excluding hydrogens is 388 g/mol. The first-order valence-corrected chi connectivity index (χ1v) is 9.70. The number of allylic oxidation sites excluding steroid dienone is 1. The number of hydrogen-bond acceptors (Lipinski definition) is 4. The van der Waals surface area contributed by atoms with Gasteiger partial charge in [-0.15, -0.1) is 0 Å². The van der Waals surface area contributed by atoms with Crippen molar-refractivity contribution in [3.63, 3.8) is 0 Å². The van der Waals surface area contributed by atoms with E-state index in [9.17, 15) is 9.59 Å².